The quantitative estimate of drug-likeness (QED) is 0.712. The summed E-state index contributed by atoms with van der Waals surface area (Å²) in [5, 5.41) is 3.03. The number of methoxy groups -OCH3 is 1. The van der Waals surface area contributed by atoms with Gasteiger partial charge < -0.3 is 15.8 Å². The third kappa shape index (κ3) is 1.66. The Morgan fingerprint density at radius 2 is 2.07 bits per heavy atom. The van der Waals surface area contributed by atoms with Crippen molar-refractivity contribution in [1.29, 1.82) is 0 Å². The molecule has 2 unspecified atom stereocenters. The van der Waals surface area contributed by atoms with Crippen LogP contribution >= 0.6 is 0 Å². The van der Waals surface area contributed by atoms with E-state index in [1.807, 2.05) is 0 Å². The van der Waals surface area contributed by atoms with Crippen molar-refractivity contribution in [2.24, 2.45) is 11.1 Å². The Balaban J connectivity index is 1.90. The van der Waals surface area contributed by atoms with E-state index in [1.54, 1.807) is 7.11 Å². The van der Waals surface area contributed by atoms with E-state index in [-0.39, 0.29) is 23.5 Å². The average molecular weight is 212 g/mol. The van der Waals surface area contributed by atoms with Gasteiger partial charge in [-0.2, -0.15) is 0 Å². The molecule has 0 radical (unpaired) electrons. The summed E-state index contributed by atoms with van der Waals surface area (Å²) in [5.74, 6) is 0.00938. The molecule has 0 bridgehead atoms. The fourth-order valence-electron chi connectivity index (χ4n) is 2.19. The first kappa shape index (κ1) is 10.9. The highest BCUT2D eigenvalue weighted by molar-refractivity contribution is 5.89. The maximum absolute atomic E-state index is 11.7. The van der Waals surface area contributed by atoms with Gasteiger partial charge in [0.1, 0.15) is 0 Å². The fourth-order valence-corrected chi connectivity index (χ4v) is 2.19. The molecule has 0 aromatic heterocycles. The topological polar surface area (TPSA) is 64.3 Å². The molecule has 0 saturated heterocycles. The SMILES string of the molecule is COC1CC(NC(=O)C2(N)CC2)C1(C)C. The number of nitrogens with two attached hydrogens (primary N) is 1. The first-order valence-corrected chi connectivity index (χ1v) is 5.53. The predicted molar refractivity (Wildman–Crippen MR) is 57.3 cm³/mol. The standard InChI is InChI=1S/C11H20N2O2/c1-10(2)7(6-8(10)15-3)13-9(14)11(12)4-5-11/h7-8H,4-6,12H2,1-3H3,(H,13,14). The lowest BCUT2D eigenvalue weighted by Crippen LogP contribution is -2.63. The molecule has 2 fully saturated rings. The Labute approximate surface area is 90.5 Å². The van der Waals surface area contributed by atoms with Gasteiger partial charge in [0, 0.05) is 18.6 Å². The normalized spacial score (nSPS) is 35.5. The van der Waals surface area contributed by atoms with Crippen molar-refractivity contribution in [3.63, 3.8) is 0 Å². The number of carbonyl (C=O) groups is 1. The number of amides is 1. The minimum atomic E-state index is -0.561. The lowest BCUT2D eigenvalue weighted by atomic mass is 9.64. The largest absolute Gasteiger partial charge is 0.381 e. The molecule has 2 saturated carbocycles. The molecule has 0 aliphatic heterocycles. The molecular weight excluding hydrogens is 192 g/mol. The predicted octanol–water partition coefficient (Wildman–Crippen LogP) is 0.407. The number of hydrogen-bond acceptors (Lipinski definition) is 3. The molecule has 0 heterocycles. The highest BCUT2D eigenvalue weighted by Crippen LogP contribution is 2.43. The van der Waals surface area contributed by atoms with Crippen molar-refractivity contribution in [3.8, 4) is 0 Å². The molecule has 2 aliphatic rings. The van der Waals surface area contributed by atoms with Crippen LogP contribution in [0.25, 0.3) is 0 Å². The van der Waals surface area contributed by atoms with E-state index >= 15 is 0 Å². The highest BCUT2D eigenvalue weighted by atomic mass is 16.5. The zero-order valence-electron chi connectivity index (χ0n) is 9.67. The molecule has 2 aliphatic carbocycles. The van der Waals surface area contributed by atoms with Gasteiger partial charge in [-0.15, -0.1) is 0 Å². The van der Waals surface area contributed by atoms with Gasteiger partial charge in [0.2, 0.25) is 5.91 Å². The molecule has 4 nitrogen and oxygen atoms in total. The van der Waals surface area contributed by atoms with Crippen LogP contribution in [-0.2, 0) is 9.53 Å². The van der Waals surface area contributed by atoms with E-state index in [0.29, 0.717) is 0 Å². The lowest BCUT2D eigenvalue weighted by molar-refractivity contribution is -0.134. The minimum absolute atomic E-state index is 0.00938. The molecule has 86 valence electrons. The summed E-state index contributed by atoms with van der Waals surface area (Å²) in [4.78, 5) is 11.7. The molecule has 2 atom stereocenters. The van der Waals surface area contributed by atoms with E-state index in [2.05, 4.69) is 19.2 Å². The summed E-state index contributed by atoms with van der Waals surface area (Å²) in [5.41, 5.74) is 5.29. The van der Waals surface area contributed by atoms with Gasteiger partial charge in [0.25, 0.3) is 0 Å². The van der Waals surface area contributed by atoms with Crippen molar-refractivity contribution in [3.05, 3.63) is 0 Å². The monoisotopic (exact) mass is 212 g/mol. The summed E-state index contributed by atoms with van der Waals surface area (Å²) >= 11 is 0. The van der Waals surface area contributed by atoms with E-state index in [4.69, 9.17) is 10.5 Å². The Morgan fingerprint density at radius 3 is 2.47 bits per heavy atom. The second-order valence-electron chi connectivity index (χ2n) is 5.46. The van der Waals surface area contributed by atoms with E-state index in [1.165, 1.54) is 0 Å². The zero-order valence-corrected chi connectivity index (χ0v) is 9.67. The highest BCUT2D eigenvalue weighted by Gasteiger charge is 2.53. The molecule has 4 heteroatoms. The van der Waals surface area contributed by atoms with Crippen LogP contribution < -0.4 is 11.1 Å². The van der Waals surface area contributed by atoms with Crippen molar-refractivity contribution >= 4 is 5.91 Å². The molecule has 0 spiro atoms. The van der Waals surface area contributed by atoms with Gasteiger partial charge >= 0.3 is 0 Å². The van der Waals surface area contributed by atoms with Gasteiger partial charge in [0.05, 0.1) is 11.6 Å². The third-order valence-electron chi connectivity index (χ3n) is 4.01. The van der Waals surface area contributed by atoms with E-state index < -0.39 is 5.54 Å². The van der Waals surface area contributed by atoms with Crippen LogP contribution in [0.2, 0.25) is 0 Å². The van der Waals surface area contributed by atoms with Crippen LogP contribution in [0.15, 0.2) is 0 Å². The number of hydrogen-bond donors (Lipinski definition) is 2. The number of rotatable bonds is 3. The molecule has 1 amide bonds. The minimum Gasteiger partial charge on any atom is -0.381 e. The number of carbonyl (C=O) groups excluding carboxylic acids is 1. The lowest BCUT2D eigenvalue weighted by Gasteiger charge is -2.51. The molecule has 15 heavy (non-hydrogen) atoms. The second-order valence-corrected chi connectivity index (χ2v) is 5.46. The van der Waals surface area contributed by atoms with Gasteiger partial charge in [-0.3, -0.25) is 4.79 Å². The van der Waals surface area contributed by atoms with Crippen molar-refractivity contribution in [2.75, 3.05) is 7.11 Å². The molecule has 3 N–H and O–H groups in total. The Morgan fingerprint density at radius 1 is 1.47 bits per heavy atom. The van der Waals surface area contributed by atoms with Crippen LogP contribution in [-0.4, -0.2) is 30.7 Å². The summed E-state index contributed by atoms with van der Waals surface area (Å²) < 4.78 is 5.33. The summed E-state index contributed by atoms with van der Waals surface area (Å²) in [6.07, 6.45) is 2.78. The number of nitrogens with one attached hydrogen (secondary N) is 1. The van der Waals surface area contributed by atoms with Gasteiger partial charge in [0.15, 0.2) is 0 Å². The van der Waals surface area contributed by atoms with Gasteiger partial charge in [-0.1, -0.05) is 13.8 Å². The maximum atomic E-state index is 11.7. The maximum Gasteiger partial charge on any atom is 0.240 e. The van der Waals surface area contributed by atoms with Crippen molar-refractivity contribution in [1.82, 2.24) is 5.32 Å². The smallest absolute Gasteiger partial charge is 0.240 e. The first-order valence-electron chi connectivity index (χ1n) is 5.53. The zero-order chi connectivity index (χ0) is 11.3. The van der Waals surface area contributed by atoms with Crippen LogP contribution in [0, 0.1) is 5.41 Å². The fraction of sp³-hybridized carbons (Fsp3) is 0.909. The summed E-state index contributed by atoms with van der Waals surface area (Å²) in [7, 11) is 1.72. The molecule has 0 aromatic rings. The van der Waals surface area contributed by atoms with Gasteiger partial charge in [-0.25, -0.2) is 0 Å². The Bertz CT molecular complexity index is 284. The average Bonchev–Trinajstić information content (AvgIpc) is 2.91. The van der Waals surface area contributed by atoms with Crippen LogP contribution in [0.5, 0.6) is 0 Å². The van der Waals surface area contributed by atoms with E-state index in [9.17, 15) is 4.79 Å². The number of ether oxygens (including phenoxy) is 1. The Hall–Kier alpha value is -0.610. The Kier molecular flexibility index (Phi) is 2.32. The molecular formula is C11H20N2O2. The van der Waals surface area contributed by atoms with Crippen molar-refractivity contribution < 1.29 is 9.53 Å². The summed E-state index contributed by atoms with van der Waals surface area (Å²) in [6, 6.07) is 0.205. The van der Waals surface area contributed by atoms with Crippen LogP contribution in [0.3, 0.4) is 0 Å². The van der Waals surface area contributed by atoms with Crippen LogP contribution in [0.4, 0.5) is 0 Å². The first-order chi connectivity index (χ1) is 6.90. The third-order valence-corrected chi connectivity index (χ3v) is 4.01. The summed E-state index contributed by atoms with van der Waals surface area (Å²) in [6.45, 7) is 4.23. The van der Waals surface area contributed by atoms with Gasteiger partial charge in [-0.05, 0) is 19.3 Å². The van der Waals surface area contributed by atoms with Crippen molar-refractivity contribution in [2.45, 2.75) is 50.8 Å². The van der Waals surface area contributed by atoms with E-state index in [0.717, 1.165) is 19.3 Å². The molecule has 0 aromatic carbocycles. The van der Waals surface area contributed by atoms with Crippen LogP contribution in [0.1, 0.15) is 33.1 Å². The second kappa shape index (κ2) is 3.19. The molecule has 2 rings (SSSR count).